The summed E-state index contributed by atoms with van der Waals surface area (Å²) in [5.41, 5.74) is 0. The first-order valence-electron chi connectivity index (χ1n) is 6.25. The van der Waals surface area contributed by atoms with Gasteiger partial charge in [0.2, 0.25) is 0 Å². The minimum absolute atomic E-state index is 0.105. The molecule has 1 atom stereocenters. The largest absolute Gasteiger partial charge is 0.479 e. The maximum absolute atomic E-state index is 11.8. The van der Waals surface area contributed by atoms with Crippen LogP contribution < -0.4 is 10.1 Å². The molecule has 0 aliphatic carbocycles. The van der Waals surface area contributed by atoms with Crippen molar-refractivity contribution in [1.82, 2.24) is 5.32 Å². The Labute approximate surface area is 118 Å². The number of carbonyl (C=O) groups excluding carboxylic acids is 2. The number of benzene rings is 1. The minimum atomic E-state index is -0.738. The normalized spacial score (nSPS) is 11.0. The lowest BCUT2D eigenvalue weighted by molar-refractivity contribution is -0.155. The van der Waals surface area contributed by atoms with Gasteiger partial charge in [0.1, 0.15) is 5.75 Å². The van der Waals surface area contributed by atoms with Gasteiger partial charge < -0.3 is 14.8 Å². The number of hydrogen-bond donors (Lipinski definition) is 1. The summed E-state index contributed by atoms with van der Waals surface area (Å²) in [6.07, 6.45) is 4.70. The average molecular weight is 275 g/mol. The SMILES string of the molecule is C#CCNC(=O)COC(=O)[C@H](CC)Oc1ccccc1. The van der Waals surface area contributed by atoms with Crippen LogP contribution in [0.3, 0.4) is 0 Å². The second-order valence-corrected chi connectivity index (χ2v) is 3.92. The first-order valence-corrected chi connectivity index (χ1v) is 6.25. The number of nitrogens with one attached hydrogen (secondary N) is 1. The summed E-state index contributed by atoms with van der Waals surface area (Å²) in [5, 5.41) is 2.40. The van der Waals surface area contributed by atoms with Crippen molar-refractivity contribution in [3.63, 3.8) is 0 Å². The van der Waals surface area contributed by atoms with Gasteiger partial charge >= 0.3 is 5.97 Å². The monoisotopic (exact) mass is 275 g/mol. The number of para-hydroxylation sites is 1. The number of ether oxygens (including phenoxy) is 2. The van der Waals surface area contributed by atoms with Crippen molar-refractivity contribution in [1.29, 1.82) is 0 Å². The molecule has 0 heterocycles. The maximum Gasteiger partial charge on any atom is 0.347 e. The molecular formula is C15H17NO4. The van der Waals surface area contributed by atoms with Gasteiger partial charge in [-0.1, -0.05) is 31.0 Å². The number of hydrogen-bond acceptors (Lipinski definition) is 4. The number of carbonyl (C=O) groups is 2. The minimum Gasteiger partial charge on any atom is -0.479 e. The van der Waals surface area contributed by atoms with E-state index in [0.717, 1.165) is 0 Å². The number of terminal acetylenes is 1. The maximum atomic E-state index is 11.8. The van der Waals surface area contributed by atoms with Gasteiger partial charge in [-0.3, -0.25) is 4.79 Å². The molecule has 0 unspecified atom stereocenters. The molecule has 1 N–H and O–H groups in total. The Bertz CT molecular complexity index is 478. The van der Waals surface area contributed by atoms with Crippen molar-refractivity contribution >= 4 is 11.9 Å². The second kappa shape index (κ2) is 8.59. The summed E-state index contributed by atoms with van der Waals surface area (Å²) >= 11 is 0. The van der Waals surface area contributed by atoms with Crippen molar-refractivity contribution < 1.29 is 19.1 Å². The molecule has 0 saturated heterocycles. The fraction of sp³-hybridized carbons (Fsp3) is 0.333. The average Bonchev–Trinajstić information content (AvgIpc) is 2.49. The molecule has 0 spiro atoms. The Morgan fingerprint density at radius 3 is 2.65 bits per heavy atom. The van der Waals surface area contributed by atoms with Crippen molar-refractivity contribution in [3.05, 3.63) is 30.3 Å². The highest BCUT2D eigenvalue weighted by Crippen LogP contribution is 2.13. The smallest absolute Gasteiger partial charge is 0.347 e. The van der Waals surface area contributed by atoms with E-state index in [1.165, 1.54) is 0 Å². The third kappa shape index (κ3) is 5.44. The molecule has 0 bridgehead atoms. The highest BCUT2D eigenvalue weighted by atomic mass is 16.6. The van der Waals surface area contributed by atoms with Gasteiger partial charge in [0, 0.05) is 0 Å². The fourth-order valence-electron chi connectivity index (χ4n) is 1.39. The molecule has 106 valence electrons. The van der Waals surface area contributed by atoms with E-state index < -0.39 is 18.0 Å². The molecule has 5 nitrogen and oxygen atoms in total. The topological polar surface area (TPSA) is 64.6 Å². The van der Waals surface area contributed by atoms with Crippen molar-refractivity contribution in [2.24, 2.45) is 0 Å². The molecule has 0 fully saturated rings. The molecule has 0 radical (unpaired) electrons. The van der Waals surface area contributed by atoms with Crippen molar-refractivity contribution in [3.8, 4) is 18.1 Å². The van der Waals surface area contributed by atoms with Crippen LogP contribution in [-0.4, -0.2) is 31.1 Å². The highest BCUT2D eigenvalue weighted by molar-refractivity contribution is 5.82. The van der Waals surface area contributed by atoms with Crippen LogP contribution in [-0.2, 0) is 14.3 Å². The van der Waals surface area contributed by atoms with Crippen LogP contribution >= 0.6 is 0 Å². The molecule has 1 aromatic rings. The summed E-state index contributed by atoms with van der Waals surface area (Å²) in [7, 11) is 0. The Hall–Kier alpha value is -2.48. The molecule has 0 aromatic heterocycles. The molecule has 1 aromatic carbocycles. The van der Waals surface area contributed by atoms with E-state index in [-0.39, 0.29) is 13.2 Å². The summed E-state index contributed by atoms with van der Waals surface area (Å²) in [4.78, 5) is 23.0. The van der Waals surface area contributed by atoms with E-state index in [2.05, 4.69) is 11.2 Å². The third-order valence-electron chi connectivity index (χ3n) is 2.39. The number of amides is 1. The summed E-state index contributed by atoms with van der Waals surface area (Å²) < 4.78 is 10.4. The standard InChI is InChI=1S/C15H17NO4/c1-3-10-16-14(17)11-19-15(18)13(4-2)20-12-8-6-5-7-9-12/h1,5-9,13H,4,10-11H2,2H3,(H,16,17)/t13-/m0/s1. The van der Waals surface area contributed by atoms with Crippen LogP contribution in [0.15, 0.2) is 30.3 Å². The van der Waals surface area contributed by atoms with E-state index in [1.54, 1.807) is 31.2 Å². The predicted molar refractivity (Wildman–Crippen MR) is 74.0 cm³/mol. The van der Waals surface area contributed by atoms with Crippen LogP contribution in [0.1, 0.15) is 13.3 Å². The van der Waals surface area contributed by atoms with Crippen LogP contribution in [0.4, 0.5) is 0 Å². The van der Waals surface area contributed by atoms with Crippen LogP contribution in [0.25, 0.3) is 0 Å². The summed E-state index contributed by atoms with van der Waals surface area (Å²) in [6, 6.07) is 8.95. The van der Waals surface area contributed by atoms with Gasteiger partial charge in [0.05, 0.1) is 6.54 Å². The van der Waals surface area contributed by atoms with Gasteiger partial charge in [-0.05, 0) is 18.6 Å². The molecular weight excluding hydrogens is 258 g/mol. The van der Waals surface area contributed by atoms with Gasteiger partial charge in [0.25, 0.3) is 5.91 Å². The second-order valence-electron chi connectivity index (χ2n) is 3.92. The van der Waals surface area contributed by atoms with Crippen LogP contribution in [0, 0.1) is 12.3 Å². The number of rotatable bonds is 7. The fourth-order valence-corrected chi connectivity index (χ4v) is 1.39. The van der Waals surface area contributed by atoms with Crippen molar-refractivity contribution in [2.75, 3.05) is 13.2 Å². The Morgan fingerprint density at radius 2 is 2.05 bits per heavy atom. The highest BCUT2D eigenvalue weighted by Gasteiger charge is 2.20. The summed E-state index contributed by atoms with van der Waals surface area (Å²) in [6.45, 7) is 1.54. The summed E-state index contributed by atoms with van der Waals surface area (Å²) in [5.74, 6) is 1.82. The Kier molecular flexibility index (Phi) is 6.69. The number of esters is 1. The molecule has 1 amide bonds. The quantitative estimate of drug-likeness (QED) is 0.598. The molecule has 0 saturated carbocycles. The van der Waals surface area contributed by atoms with Crippen LogP contribution in [0.5, 0.6) is 5.75 Å². The molecule has 5 heteroatoms. The van der Waals surface area contributed by atoms with E-state index in [0.29, 0.717) is 12.2 Å². The van der Waals surface area contributed by atoms with Crippen LogP contribution in [0.2, 0.25) is 0 Å². The van der Waals surface area contributed by atoms with Gasteiger partial charge in [-0.25, -0.2) is 4.79 Å². The third-order valence-corrected chi connectivity index (χ3v) is 2.39. The lowest BCUT2D eigenvalue weighted by atomic mass is 10.2. The van der Waals surface area contributed by atoms with Crippen molar-refractivity contribution in [2.45, 2.75) is 19.4 Å². The first kappa shape index (κ1) is 15.6. The zero-order valence-electron chi connectivity index (χ0n) is 11.3. The molecule has 1 rings (SSSR count). The van der Waals surface area contributed by atoms with Gasteiger partial charge in [0.15, 0.2) is 12.7 Å². The lowest BCUT2D eigenvalue weighted by Crippen LogP contribution is -2.34. The lowest BCUT2D eigenvalue weighted by Gasteiger charge is -2.16. The molecule has 20 heavy (non-hydrogen) atoms. The predicted octanol–water partition coefficient (Wildman–Crippen LogP) is 1.14. The van der Waals surface area contributed by atoms with E-state index >= 15 is 0 Å². The first-order chi connectivity index (χ1) is 9.67. The molecule has 0 aliphatic heterocycles. The Morgan fingerprint density at radius 1 is 1.35 bits per heavy atom. The zero-order chi connectivity index (χ0) is 14.8. The van der Waals surface area contributed by atoms with E-state index in [9.17, 15) is 9.59 Å². The van der Waals surface area contributed by atoms with E-state index in [4.69, 9.17) is 15.9 Å². The van der Waals surface area contributed by atoms with Gasteiger partial charge in [-0.15, -0.1) is 6.42 Å². The van der Waals surface area contributed by atoms with Gasteiger partial charge in [-0.2, -0.15) is 0 Å². The zero-order valence-corrected chi connectivity index (χ0v) is 11.3. The van der Waals surface area contributed by atoms with E-state index in [1.807, 2.05) is 6.07 Å². The Balaban J connectivity index is 2.43. The molecule has 0 aliphatic rings.